The first-order valence-electron chi connectivity index (χ1n) is 3.95. The zero-order valence-electron chi connectivity index (χ0n) is 7.17. The van der Waals surface area contributed by atoms with E-state index >= 15 is 0 Å². The van der Waals surface area contributed by atoms with E-state index in [-0.39, 0.29) is 0 Å². The van der Waals surface area contributed by atoms with Gasteiger partial charge in [0, 0.05) is 20.1 Å². The number of unbranched alkanes of at least 4 members (excludes halogenated alkanes) is 1. The van der Waals surface area contributed by atoms with Crippen LogP contribution in [0.5, 0.6) is 0 Å². The Balaban J connectivity index is 2.21. The number of thiophene rings is 1. The van der Waals surface area contributed by atoms with Crippen LogP contribution in [0.2, 0.25) is 0 Å². The van der Waals surface area contributed by atoms with E-state index in [0.717, 1.165) is 24.3 Å². The molecule has 2 heteroatoms. The maximum atomic E-state index is 4.91. The van der Waals surface area contributed by atoms with Crippen LogP contribution in [0.1, 0.15) is 17.7 Å². The zero-order chi connectivity index (χ0) is 8.65. The molecule has 0 aliphatic rings. The van der Waals surface area contributed by atoms with Crippen LogP contribution in [0, 0.1) is 11.8 Å². The van der Waals surface area contributed by atoms with Gasteiger partial charge in [-0.2, -0.15) is 0 Å². The van der Waals surface area contributed by atoms with Gasteiger partial charge in [-0.1, -0.05) is 17.9 Å². The van der Waals surface area contributed by atoms with Crippen LogP contribution in [-0.4, -0.2) is 13.7 Å². The Labute approximate surface area is 77.4 Å². The third-order valence-electron chi connectivity index (χ3n) is 1.38. The van der Waals surface area contributed by atoms with E-state index in [1.807, 2.05) is 17.5 Å². The Hall–Kier alpha value is -0.780. The van der Waals surface area contributed by atoms with Crippen LogP contribution in [0.4, 0.5) is 0 Å². The molecule has 0 radical (unpaired) electrons. The van der Waals surface area contributed by atoms with E-state index in [1.54, 1.807) is 18.4 Å². The van der Waals surface area contributed by atoms with Crippen LogP contribution in [0.25, 0.3) is 0 Å². The first-order valence-corrected chi connectivity index (χ1v) is 4.83. The summed E-state index contributed by atoms with van der Waals surface area (Å²) >= 11 is 1.68. The van der Waals surface area contributed by atoms with Gasteiger partial charge in [0.05, 0.1) is 4.88 Å². The van der Waals surface area contributed by atoms with Crippen molar-refractivity contribution in [1.29, 1.82) is 0 Å². The highest BCUT2D eigenvalue weighted by atomic mass is 32.1. The zero-order valence-corrected chi connectivity index (χ0v) is 7.99. The lowest BCUT2D eigenvalue weighted by Gasteiger charge is -1.90. The standard InChI is InChI=1S/C10H12OS/c1-11-8-4-2-3-6-10-7-5-9-12-10/h5,7,9H,2,4,8H2,1H3. The summed E-state index contributed by atoms with van der Waals surface area (Å²) in [5, 5.41) is 2.04. The molecule has 1 aromatic rings. The van der Waals surface area contributed by atoms with Crippen molar-refractivity contribution in [3.8, 4) is 11.8 Å². The SMILES string of the molecule is COCCCC#Cc1cccs1. The lowest BCUT2D eigenvalue weighted by Crippen LogP contribution is -1.85. The summed E-state index contributed by atoms with van der Waals surface area (Å²) in [6.45, 7) is 0.805. The van der Waals surface area contributed by atoms with Gasteiger partial charge in [-0.3, -0.25) is 0 Å². The molecule has 0 fully saturated rings. The first kappa shape index (κ1) is 9.31. The van der Waals surface area contributed by atoms with Gasteiger partial charge in [0.2, 0.25) is 0 Å². The molecule has 0 amide bonds. The van der Waals surface area contributed by atoms with Crippen molar-refractivity contribution in [2.24, 2.45) is 0 Å². The molecular formula is C10H12OS. The molecule has 0 saturated heterocycles. The lowest BCUT2D eigenvalue weighted by atomic mass is 10.3. The molecule has 1 nitrogen and oxygen atoms in total. The molecule has 0 saturated carbocycles. The van der Waals surface area contributed by atoms with Crippen LogP contribution in [0.3, 0.4) is 0 Å². The highest BCUT2D eigenvalue weighted by molar-refractivity contribution is 7.10. The first-order chi connectivity index (χ1) is 5.93. The summed E-state index contributed by atoms with van der Waals surface area (Å²) in [5.74, 6) is 6.20. The van der Waals surface area contributed by atoms with E-state index in [2.05, 4.69) is 11.8 Å². The Morgan fingerprint density at radius 2 is 2.50 bits per heavy atom. The minimum absolute atomic E-state index is 0.805. The van der Waals surface area contributed by atoms with E-state index in [0.29, 0.717) is 0 Å². The third-order valence-corrected chi connectivity index (χ3v) is 2.17. The average molecular weight is 180 g/mol. The molecule has 0 aliphatic heterocycles. The molecule has 0 unspecified atom stereocenters. The summed E-state index contributed by atoms with van der Waals surface area (Å²) in [5.41, 5.74) is 0. The maximum Gasteiger partial charge on any atom is 0.0768 e. The Kier molecular flexibility index (Phi) is 4.51. The normalized spacial score (nSPS) is 9.08. The van der Waals surface area contributed by atoms with Crippen molar-refractivity contribution in [1.82, 2.24) is 0 Å². The van der Waals surface area contributed by atoms with Crippen molar-refractivity contribution in [3.63, 3.8) is 0 Å². The second kappa shape index (κ2) is 5.82. The third kappa shape index (κ3) is 3.56. The predicted octanol–water partition coefficient (Wildman–Crippen LogP) is 2.53. The molecule has 1 rings (SSSR count). The van der Waals surface area contributed by atoms with Gasteiger partial charge in [0.25, 0.3) is 0 Å². The van der Waals surface area contributed by atoms with E-state index in [1.165, 1.54) is 0 Å². The van der Waals surface area contributed by atoms with Gasteiger partial charge in [-0.05, 0) is 17.9 Å². The van der Waals surface area contributed by atoms with Crippen LogP contribution in [-0.2, 0) is 4.74 Å². The number of hydrogen-bond donors (Lipinski definition) is 0. The van der Waals surface area contributed by atoms with Crippen molar-refractivity contribution in [2.75, 3.05) is 13.7 Å². The largest absolute Gasteiger partial charge is 0.385 e. The Morgan fingerprint density at radius 1 is 1.58 bits per heavy atom. The molecule has 0 aromatic carbocycles. The van der Waals surface area contributed by atoms with E-state index in [4.69, 9.17) is 4.74 Å². The van der Waals surface area contributed by atoms with Gasteiger partial charge in [0.1, 0.15) is 0 Å². The molecule has 0 aliphatic carbocycles. The number of methoxy groups -OCH3 is 1. The van der Waals surface area contributed by atoms with Crippen LogP contribution < -0.4 is 0 Å². The molecule has 1 heterocycles. The molecule has 0 bridgehead atoms. The van der Waals surface area contributed by atoms with Crippen LogP contribution in [0.15, 0.2) is 17.5 Å². The second-order valence-corrected chi connectivity index (χ2v) is 3.32. The minimum atomic E-state index is 0.805. The summed E-state index contributed by atoms with van der Waals surface area (Å²) in [6.07, 6.45) is 1.95. The summed E-state index contributed by atoms with van der Waals surface area (Å²) in [6, 6.07) is 4.05. The number of hydrogen-bond acceptors (Lipinski definition) is 2. The minimum Gasteiger partial charge on any atom is -0.385 e. The molecule has 12 heavy (non-hydrogen) atoms. The van der Waals surface area contributed by atoms with Crippen molar-refractivity contribution >= 4 is 11.3 Å². The van der Waals surface area contributed by atoms with Gasteiger partial charge in [-0.15, -0.1) is 11.3 Å². The number of ether oxygens (including phenoxy) is 1. The summed E-state index contributed by atoms with van der Waals surface area (Å²) < 4.78 is 4.91. The van der Waals surface area contributed by atoms with E-state index < -0.39 is 0 Å². The average Bonchev–Trinajstić information content (AvgIpc) is 2.57. The molecular weight excluding hydrogens is 168 g/mol. The highest BCUT2D eigenvalue weighted by Crippen LogP contribution is 2.05. The fourth-order valence-corrected chi connectivity index (χ4v) is 1.40. The molecule has 0 N–H and O–H groups in total. The van der Waals surface area contributed by atoms with Gasteiger partial charge in [-0.25, -0.2) is 0 Å². The van der Waals surface area contributed by atoms with Gasteiger partial charge >= 0.3 is 0 Å². The smallest absolute Gasteiger partial charge is 0.0768 e. The van der Waals surface area contributed by atoms with Crippen molar-refractivity contribution in [3.05, 3.63) is 22.4 Å². The summed E-state index contributed by atoms with van der Waals surface area (Å²) in [4.78, 5) is 1.15. The Morgan fingerprint density at radius 3 is 3.17 bits per heavy atom. The summed E-state index contributed by atoms with van der Waals surface area (Å²) in [7, 11) is 1.71. The molecule has 0 spiro atoms. The fraction of sp³-hybridized carbons (Fsp3) is 0.400. The lowest BCUT2D eigenvalue weighted by molar-refractivity contribution is 0.196. The van der Waals surface area contributed by atoms with Crippen LogP contribution >= 0.6 is 11.3 Å². The quantitative estimate of drug-likeness (QED) is 0.513. The molecule has 0 atom stereocenters. The Bertz CT molecular complexity index is 253. The van der Waals surface area contributed by atoms with Gasteiger partial charge < -0.3 is 4.74 Å². The van der Waals surface area contributed by atoms with Crippen molar-refractivity contribution in [2.45, 2.75) is 12.8 Å². The maximum absolute atomic E-state index is 4.91. The second-order valence-electron chi connectivity index (χ2n) is 2.38. The fourth-order valence-electron chi connectivity index (χ4n) is 0.804. The molecule has 64 valence electrons. The predicted molar refractivity (Wildman–Crippen MR) is 52.3 cm³/mol. The van der Waals surface area contributed by atoms with Gasteiger partial charge in [0.15, 0.2) is 0 Å². The topological polar surface area (TPSA) is 9.23 Å². The van der Waals surface area contributed by atoms with E-state index in [9.17, 15) is 0 Å². The molecule has 1 aromatic heterocycles. The number of rotatable bonds is 3. The van der Waals surface area contributed by atoms with Crippen molar-refractivity contribution < 1.29 is 4.74 Å². The highest BCUT2D eigenvalue weighted by Gasteiger charge is 1.84. The monoisotopic (exact) mass is 180 g/mol.